The van der Waals surface area contributed by atoms with Gasteiger partial charge in [0.2, 0.25) is 0 Å². The SMILES string of the molecule is CCCCCCCCC/C=C\CCCCCCCC(=O)O[C@H](COC(=O)CCCCCCCCCCCCCCCCCCC)COP(=O)([O-])OCC[N+](C)(C)C. The first kappa shape index (κ1) is 55.8. The van der Waals surface area contributed by atoms with E-state index in [0.717, 1.165) is 51.4 Å². The monoisotopic (exact) mass is 830 g/mol. The van der Waals surface area contributed by atoms with Crippen LogP contribution in [-0.2, 0) is 32.7 Å². The predicted octanol–water partition coefficient (Wildman–Crippen LogP) is 13.1. The van der Waals surface area contributed by atoms with Gasteiger partial charge in [0.05, 0.1) is 27.7 Å². The molecule has 9 nitrogen and oxygen atoms in total. The average molecular weight is 830 g/mol. The largest absolute Gasteiger partial charge is 0.756 e. The highest BCUT2D eigenvalue weighted by Gasteiger charge is 2.21. The van der Waals surface area contributed by atoms with Crippen molar-refractivity contribution in [1.29, 1.82) is 0 Å². The minimum Gasteiger partial charge on any atom is -0.756 e. The third kappa shape index (κ3) is 44.1. The lowest BCUT2D eigenvalue weighted by Crippen LogP contribution is -2.37. The summed E-state index contributed by atoms with van der Waals surface area (Å²) < 4.78 is 34.0. The van der Waals surface area contributed by atoms with Gasteiger partial charge in [-0.3, -0.25) is 14.2 Å². The molecule has 0 aromatic carbocycles. The number of phosphoric acid groups is 1. The molecule has 0 saturated carbocycles. The van der Waals surface area contributed by atoms with E-state index in [-0.39, 0.29) is 32.0 Å². The molecule has 0 N–H and O–H groups in total. The molecular weight excluding hydrogens is 737 g/mol. The number of nitrogens with zero attached hydrogens (tertiary/aromatic N) is 1. The fraction of sp³-hybridized carbons (Fsp3) is 0.915. The van der Waals surface area contributed by atoms with E-state index in [1.54, 1.807) is 0 Å². The summed E-state index contributed by atoms with van der Waals surface area (Å²) in [5.74, 6) is -0.832. The average Bonchev–Trinajstić information content (AvgIpc) is 3.16. The Morgan fingerprint density at radius 2 is 0.895 bits per heavy atom. The number of unbranched alkanes of at least 4 members (excludes halogenated alkanes) is 28. The number of quaternary nitrogens is 1. The van der Waals surface area contributed by atoms with E-state index in [2.05, 4.69) is 26.0 Å². The summed E-state index contributed by atoms with van der Waals surface area (Å²) in [6, 6.07) is 0. The molecule has 1 unspecified atom stereocenters. The first-order valence-electron chi connectivity index (χ1n) is 23.9. The van der Waals surface area contributed by atoms with Crippen LogP contribution >= 0.6 is 7.82 Å². The molecular formula is C47H92NO8P. The van der Waals surface area contributed by atoms with Crippen LogP contribution in [0.4, 0.5) is 0 Å². The Balaban J connectivity index is 4.29. The van der Waals surface area contributed by atoms with Crippen LogP contribution in [0.2, 0.25) is 0 Å². The van der Waals surface area contributed by atoms with Crippen molar-refractivity contribution in [2.45, 2.75) is 232 Å². The number of carbonyl (C=O) groups excluding carboxylic acids is 2. The van der Waals surface area contributed by atoms with Crippen molar-refractivity contribution >= 4 is 19.8 Å². The van der Waals surface area contributed by atoms with Crippen molar-refractivity contribution < 1.29 is 42.1 Å². The van der Waals surface area contributed by atoms with Crippen LogP contribution in [0.3, 0.4) is 0 Å². The number of rotatable bonds is 44. The summed E-state index contributed by atoms with van der Waals surface area (Å²) >= 11 is 0. The standard InChI is InChI=1S/C47H92NO8P/c1-6-8-10-12-14-16-18-20-22-24-26-27-29-31-33-35-37-39-46(49)53-43-45(44-55-57(51,52)54-42-41-48(3,4)5)56-47(50)40-38-36-34-32-30-28-25-23-21-19-17-15-13-11-9-7-2/h23,25,45H,6-22,24,26-44H2,1-5H3/b25-23-/t45-/m1/s1. The highest BCUT2D eigenvalue weighted by molar-refractivity contribution is 7.45. The van der Waals surface area contributed by atoms with Gasteiger partial charge in [-0.1, -0.05) is 187 Å². The van der Waals surface area contributed by atoms with Crippen molar-refractivity contribution in [1.82, 2.24) is 0 Å². The first-order valence-corrected chi connectivity index (χ1v) is 25.4. The maximum Gasteiger partial charge on any atom is 0.306 e. The number of carbonyl (C=O) groups is 2. The Bertz CT molecular complexity index is 985. The van der Waals surface area contributed by atoms with Crippen molar-refractivity contribution in [3.63, 3.8) is 0 Å². The Labute approximate surface area is 352 Å². The fourth-order valence-electron chi connectivity index (χ4n) is 6.77. The number of hydrogen-bond donors (Lipinski definition) is 0. The molecule has 0 amide bonds. The number of ether oxygens (including phenoxy) is 2. The quantitative estimate of drug-likeness (QED) is 0.0196. The fourth-order valence-corrected chi connectivity index (χ4v) is 7.50. The van der Waals surface area contributed by atoms with Gasteiger partial charge < -0.3 is 27.9 Å². The van der Waals surface area contributed by atoms with Gasteiger partial charge in [-0.15, -0.1) is 0 Å². The topological polar surface area (TPSA) is 111 Å². The Morgan fingerprint density at radius 3 is 1.30 bits per heavy atom. The summed E-state index contributed by atoms with van der Waals surface area (Å²) in [4.78, 5) is 37.6. The zero-order chi connectivity index (χ0) is 42.1. The van der Waals surface area contributed by atoms with Crippen LogP contribution in [0.15, 0.2) is 12.2 Å². The Kier molecular flexibility index (Phi) is 39.3. The molecule has 0 aromatic heterocycles. The number of likely N-dealkylation sites (N-methyl/N-ethyl adjacent to an activating group) is 1. The minimum absolute atomic E-state index is 0.0291. The molecule has 10 heteroatoms. The van der Waals surface area contributed by atoms with Gasteiger partial charge in [0, 0.05) is 12.8 Å². The molecule has 0 spiro atoms. The van der Waals surface area contributed by atoms with E-state index < -0.39 is 26.5 Å². The molecule has 0 fully saturated rings. The molecule has 0 aliphatic carbocycles. The summed E-state index contributed by atoms with van der Waals surface area (Å²) in [5.41, 5.74) is 0. The molecule has 2 atom stereocenters. The Morgan fingerprint density at radius 1 is 0.526 bits per heavy atom. The molecule has 0 aliphatic heterocycles. The van der Waals surface area contributed by atoms with Crippen molar-refractivity contribution in [3.05, 3.63) is 12.2 Å². The number of hydrogen-bond acceptors (Lipinski definition) is 8. The predicted molar refractivity (Wildman–Crippen MR) is 236 cm³/mol. The van der Waals surface area contributed by atoms with Gasteiger partial charge in [-0.05, 0) is 38.5 Å². The normalized spacial score (nSPS) is 13.6. The van der Waals surface area contributed by atoms with E-state index in [1.807, 2.05) is 21.1 Å². The maximum absolute atomic E-state index is 12.7. The smallest absolute Gasteiger partial charge is 0.306 e. The molecule has 338 valence electrons. The van der Waals surface area contributed by atoms with Crippen LogP contribution in [0.1, 0.15) is 226 Å². The van der Waals surface area contributed by atoms with E-state index >= 15 is 0 Å². The summed E-state index contributed by atoms with van der Waals surface area (Å²) in [6.07, 6.45) is 42.3. The van der Waals surface area contributed by atoms with E-state index in [9.17, 15) is 19.0 Å². The van der Waals surface area contributed by atoms with E-state index in [1.165, 1.54) is 141 Å². The van der Waals surface area contributed by atoms with Crippen molar-refractivity contribution in [2.24, 2.45) is 0 Å². The van der Waals surface area contributed by atoms with Gasteiger partial charge >= 0.3 is 11.9 Å². The summed E-state index contributed by atoms with van der Waals surface area (Å²) in [5, 5.41) is 0. The van der Waals surface area contributed by atoms with Gasteiger partial charge in [-0.2, -0.15) is 0 Å². The third-order valence-corrected chi connectivity index (χ3v) is 11.5. The van der Waals surface area contributed by atoms with Crippen LogP contribution in [0.25, 0.3) is 0 Å². The molecule has 0 aromatic rings. The van der Waals surface area contributed by atoms with Crippen molar-refractivity contribution in [3.8, 4) is 0 Å². The highest BCUT2D eigenvalue weighted by atomic mass is 31.2. The second-order valence-corrected chi connectivity index (χ2v) is 18.9. The van der Waals surface area contributed by atoms with Crippen LogP contribution in [0, 0.1) is 0 Å². The minimum atomic E-state index is -4.62. The summed E-state index contributed by atoms with van der Waals surface area (Å²) in [6.45, 7) is 4.25. The van der Waals surface area contributed by atoms with Gasteiger partial charge in [0.1, 0.15) is 19.8 Å². The first-order chi connectivity index (χ1) is 27.5. The van der Waals surface area contributed by atoms with Gasteiger partial charge in [0.25, 0.3) is 7.82 Å². The third-order valence-electron chi connectivity index (χ3n) is 10.5. The second kappa shape index (κ2) is 40.2. The molecule has 0 bridgehead atoms. The molecule has 0 radical (unpaired) electrons. The van der Waals surface area contributed by atoms with Gasteiger partial charge in [-0.25, -0.2) is 0 Å². The molecule has 57 heavy (non-hydrogen) atoms. The van der Waals surface area contributed by atoms with E-state index in [0.29, 0.717) is 17.4 Å². The zero-order valence-electron chi connectivity index (χ0n) is 38.1. The van der Waals surface area contributed by atoms with Crippen LogP contribution in [-0.4, -0.2) is 70.0 Å². The number of allylic oxidation sites excluding steroid dienone is 2. The Hall–Kier alpha value is -1.25. The van der Waals surface area contributed by atoms with Crippen molar-refractivity contribution in [2.75, 3.05) is 47.5 Å². The highest BCUT2D eigenvalue weighted by Crippen LogP contribution is 2.38. The lowest BCUT2D eigenvalue weighted by Gasteiger charge is -2.28. The zero-order valence-corrected chi connectivity index (χ0v) is 38.9. The molecule has 0 saturated heterocycles. The van der Waals surface area contributed by atoms with E-state index in [4.69, 9.17) is 18.5 Å². The number of esters is 2. The molecule has 0 rings (SSSR count). The lowest BCUT2D eigenvalue weighted by atomic mass is 10.0. The van der Waals surface area contributed by atoms with Gasteiger partial charge in [0.15, 0.2) is 6.10 Å². The number of phosphoric ester groups is 1. The second-order valence-electron chi connectivity index (χ2n) is 17.5. The lowest BCUT2D eigenvalue weighted by molar-refractivity contribution is -0.870. The molecule has 0 aliphatic rings. The summed E-state index contributed by atoms with van der Waals surface area (Å²) in [7, 11) is 1.17. The molecule has 0 heterocycles. The van der Waals surface area contributed by atoms with Crippen LogP contribution in [0.5, 0.6) is 0 Å². The van der Waals surface area contributed by atoms with Crippen LogP contribution < -0.4 is 4.89 Å². The maximum atomic E-state index is 12.7.